The average Bonchev–Trinajstić information content (AvgIpc) is 3.16. The van der Waals surface area contributed by atoms with E-state index in [4.69, 9.17) is 4.74 Å². The van der Waals surface area contributed by atoms with Gasteiger partial charge >= 0.3 is 0 Å². The van der Waals surface area contributed by atoms with Gasteiger partial charge in [-0.05, 0) is 67.8 Å². The molecule has 1 aromatic rings. The molecule has 2 nitrogen and oxygen atoms in total. The third kappa shape index (κ3) is 3.37. The maximum absolute atomic E-state index is 5.81. The minimum atomic E-state index is 0.737. The lowest BCUT2D eigenvalue weighted by atomic mass is 9.99. The van der Waals surface area contributed by atoms with E-state index in [1.807, 2.05) is 0 Å². The van der Waals surface area contributed by atoms with Crippen molar-refractivity contribution in [3.05, 3.63) is 27.7 Å². The van der Waals surface area contributed by atoms with Gasteiger partial charge < -0.3 is 10.1 Å². The number of benzene rings is 1. The summed E-state index contributed by atoms with van der Waals surface area (Å²) in [5.41, 5.74) is 2.76. The number of hydrogen-bond donors (Lipinski definition) is 1. The Bertz CT molecular complexity index is 470. The van der Waals surface area contributed by atoms with Crippen LogP contribution in [0.3, 0.4) is 0 Å². The summed E-state index contributed by atoms with van der Waals surface area (Å²) in [7, 11) is 0. The van der Waals surface area contributed by atoms with Gasteiger partial charge in [-0.3, -0.25) is 0 Å². The summed E-state index contributed by atoms with van der Waals surface area (Å²) >= 11 is 3.63. The average molecular weight is 338 g/mol. The summed E-state index contributed by atoms with van der Waals surface area (Å²) in [5.74, 6) is 2.11. The number of nitrogens with one attached hydrogen (secondary N) is 1. The fourth-order valence-electron chi connectivity index (χ4n) is 3.31. The molecule has 0 amide bonds. The van der Waals surface area contributed by atoms with Crippen molar-refractivity contribution in [3.63, 3.8) is 0 Å². The van der Waals surface area contributed by atoms with Crippen LogP contribution in [-0.2, 0) is 12.8 Å². The SMILES string of the molecule is CCNC(CCCc1cc(Br)cc2c1OCC2)C1CC1. The molecule has 110 valence electrons. The number of hydrogen-bond acceptors (Lipinski definition) is 2. The smallest absolute Gasteiger partial charge is 0.125 e. The molecule has 3 heteroatoms. The number of ether oxygens (including phenoxy) is 1. The molecule has 0 bridgehead atoms. The molecule has 1 atom stereocenters. The molecule has 1 saturated carbocycles. The first-order valence-corrected chi connectivity index (χ1v) is 8.74. The van der Waals surface area contributed by atoms with Crippen molar-refractivity contribution in [1.29, 1.82) is 0 Å². The molecular weight excluding hydrogens is 314 g/mol. The van der Waals surface area contributed by atoms with Crippen molar-refractivity contribution in [2.75, 3.05) is 13.2 Å². The highest BCUT2D eigenvalue weighted by molar-refractivity contribution is 9.10. The van der Waals surface area contributed by atoms with Crippen molar-refractivity contribution in [1.82, 2.24) is 5.32 Å². The maximum atomic E-state index is 5.81. The lowest BCUT2D eigenvalue weighted by molar-refractivity contribution is 0.352. The van der Waals surface area contributed by atoms with E-state index in [1.54, 1.807) is 0 Å². The van der Waals surface area contributed by atoms with Gasteiger partial charge in [-0.1, -0.05) is 22.9 Å². The number of aryl methyl sites for hydroxylation is 1. The zero-order valence-electron chi connectivity index (χ0n) is 12.3. The van der Waals surface area contributed by atoms with Crippen molar-refractivity contribution in [3.8, 4) is 5.75 Å². The van der Waals surface area contributed by atoms with Crippen LogP contribution >= 0.6 is 15.9 Å². The summed E-state index contributed by atoms with van der Waals surface area (Å²) in [5, 5.41) is 3.65. The minimum Gasteiger partial charge on any atom is -0.493 e. The molecule has 0 spiro atoms. The zero-order valence-corrected chi connectivity index (χ0v) is 13.8. The van der Waals surface area contributed by atoms with Crippen molar-refractivity contribution >= 4 is 15.9 Å². The Labute approximate surface area is 130 Å². The Morgan fingerprint density at radius 1 is 1.40 bits per heavy atom. The second-order valence-electron chi connectivity index (χ2n) is 6.05. The van der Waals surface area contributed by atoms with Crippen LogP contribution in [0.2, 0.25) is 0 Å². The van der Waals surface area contributed by atoms with Crippen LogP contribution in [0.25, 0.3) is 0 Å². The van der Waals surface area contributed by atoms with Gasteiger partial charge in [0.15, 0.2) is 0 Å². The first-order valence-electron chi connectivity index (χ1n) is 7.95. The largest absolute Gasteiger partial charge is 0.493 e. The zero-order chi connectivity index (χ0) is 13.9. The second-order valence-corrected chi connectivity index (χ2v) is 6.96. The number of fused-ring (bicyclic) bond motifs is 1. The first kappa shape index (κ1) is 14.4. The van der Waals surface area contributed by atoms with Crippen molar-refractivity contribution < 1.29 is 4.74 Å². The van der Waals surface area contributed by atoms with Gasteiger partial charge in [0.2, 0.25) is 0 Å². The normalized spacial score (nSPS) is 18.7. The molecule has 1 aromatic carbocycles. The van der Waals surface area contributed by atoms with Gasteiger partial charge in [0, 0.05) is 16.9 Å². The van der Waals surface area contributed by atoms with E-state index < -0.39 is 0 Å². The van der Waals surface area contributed by atoms with Crippen LogP contribution in [0.5, 0.6) is 5.75 Å². The van der Waals surface area contributed by atoms with E-state index in [1.165, 1.54) is 47.0 Å². The van der Waals surface area contributed by atoms with E-state index in [2.05, 4.69) is 40.3 Å². The Morgan fingerprint density at radius 3 is 3.00 bits per heavy atom. The van der Waals surface area contributed by atoms with Gasteiger partial charge in [-0.25, -0.2) is 0 Å². The van der Waals surface area contributed by atoms with E-state index in [-0.39, 0.29) is 0 Å². The van der Waals surface area contributed by atoms with Gasteiger partial charge in [-0.2, -0.15) is 0 Å². The van der Waals surface area contributed by atoms with Crippen LogP contribution in [0.1, 0.15) is 43.7 Å². The molecule has 0 saturated heterocycles. The molecule has 1 aliphatic heterocycles. The third-order valence-corrected chi connectivity index (χ3v) is 4.90. The molecule has 1 fully saturated rings. The highest BCUT2D eigenvalue weighted by Crippen LogP contribution is 2.36. The molecule has 1 unspecified atom stereocenters. The van der Waals surface area contributed by atoms with E-state index in [0.717, 1.165) is 38.0 Å². The predicted octanol–water partition coefficient (Wildman–Crippen LogP) is 4.09. The van der Waals surface area contributed by atoms with Gasteiger partial charge in [-0.15, -0.1) is 0 Å². The molecule has 1 N–H and O–H groups in total. The summed E-state index contributed by atoms with van der Waals surface area (Å²) in [4.78, 5) is 0. The predicted molar refractivity (Wildman–Crippen MR) is 86.5 cm³/mol. The van der Waals surface area contributed by atoms with Crippen LogP contribution in [0.4, 0.5) is 0 Å². The van der Waals surface area contributed by atoms with E-state index in [0.29, 0.717) is 0 Å². The maximum Gasteiger partial charge on any atom is 0.125 e. The van der Waals surface area contributed by atoms with Crippen LogP contribution in [0.15, 0.2) is 16.6 Å². The minimum absolute atomic E-state index is 0.737. The van der Waals surface area contributed by atoms with Crippen LogP contribution in [0, 0.1) is 5.92 Å². The van der Waals surface area contributed by atoms with Gasteiger partial charge in [0.05, 0.1) is 6.61 Å². The summed E-state index contributed by atoms with van der Waals surface area (Å²) < 4.78 is 7.01. The standard InChI is InChI=1S/C17H24BrNO/c1-2-19-16(12-6-7-12)5-3-4-13-10-15(18)11-14-8-9-20-17(13)14/h10-12,16,19H,2-9H2,1H3. The molecule has 20 heavy (non-hydrogen) atoms. The molecule has 0 radical (unpaired) electrons. The number of rotatable bonds is 7. The third-order valence-electron chi connectivity index (χ3n) is 4.44. The van der Waals surface area contributed by atoms with E-state index in [9.17, 15) is 0 Å². The number of halogens is 1. The lowest BCUT2D eigenvalue weighted by Crippen LogP contribution is -2.30. The molecule has 2 aliphatic rings. The Morgan fingerprint density at radius 2 is 2.25 bits per heavy atom. The highest BCUT2D eigenvalue weighted by Gasteiger charge is 2.30. The van der Waals surface area contributed by atoms with Gasteiger partial charge in [0.1, 0.15) is 5.75 Å². The molecule has 1 heterocycles. The molecular formula is C17H24BrNO. The molecule has 3 rings (SSSR count). The fraction of sp³-hybridized carbons (Fsp3) is 0.647. The summed E-state index contributed by atoms with van der Waals surface area (Å²) in [6.07, 6.45) is 7.58. The lowest BCUT2D eigenvalue weighted by Gasteiger charge is -2.17. The topological polar surface area (TPSA) is 21.3 Å². The summed E-state index contributed by atoms with van der Waals surface area (Å²) in [6.45, 7) is 4.15. The Balaban J connectivity index is 1.58. The Hall–Kier alpha value is -0.540. The van der Waals surface area contributed by atoms with E-state index >= 15 is 0 Å². The first-order chi connectivity index (χ1) is 9.78. The van der Waals surface area contributed by atoms with Crippen LogP contribution in [-0.4, -0.2) is 19.2 Å². The van der Waals surface area contributed by atoms with Crippen molar-refractivity contribution in [2.45, 2.75) is 51.5 Å². The summed E-state index contributed by atoms with van der Waals surface area (Å²) in [6, 6.07) is 5.18. The van der Waals surface area contributed by atoms with Crippen LogP contribution < -0.4 is 10.1 Å². The van der Waals surface area contributed by atoms with Crippen molar-refractivity contribution in [2.24, 2.45) is 5.92 Å². The fourth-order valence-corrected chi connectivity index (χ4v) is 3.86. The molecule has 0 aromatic heterocycles. The quantitative estimate of drug-likeness (QED) is 0.808. The molecule has 1 aliphatic carbocycles. The van der Waals surface area contributed by atoms with Gasteiger partial charge in [0.25, 0.3) is 0 Å². The highest BCUT2D eigenvalue weighted by atomic mass is 79.9. The Kier molecular flexibility index (Phi) is 4.67. The second kappa shape index (κ2) is 6.48. The monoisotopic (exact) mass is 337 g/mol.